The van der Waals surface area contributed by atoms with Crippen LogP contribution in [0.2, 0.25) is 0 Å². The molecule has 0 aromatic heterocycles. The number of halogens is 3. The molecule has 1 saturated carbocycles. The smallest absolute Gasteiger partial charge is 0.416 e. The molecule has 2 heterocycles. The van der Waals surface area contributed by atoms with Crippen LogP contribution in [0.1, 0.15) is 62.3 Å². The van der Waals surface area contributed by atoms with Crippen LogP contribution in [0.4, 0.5) is 13.2 Å². The number of carbonyl (C=O) groups excluding carboxylic acids is 2. The van der Waals surface area contributed by atoms with Crippen LogP contribution in [0.3, 0.4) is 0 Å². The van der Waals surface area contributed by atoms with Crippen LogP contribution in [-0.2, 0) is 27.6 Å². The van der Waals surface area contributed by atoms with Gasteiger partial charge in [0.15, 0.2) is 11.5 Å². The molecule has 240 valence electrons. The van der Waals surface area contributed by atoms with Crippen LogP contribution in [0.15, 0.2) is 55.1 Å². The van der Waals surface area contributed by atoms with E-state index in [1.807, 2.05) is 26.0 Å². The molecule has 5 atom stereocenters. The number of hydrogen-bond donors (Lipinski definition) is 1. The van der Waals surface area contributed by atoms with Crippen molar-refractivity contribution in [2.45, 2.75) is 81.8 Å². The van der Waals surface area contributed by atoms with Crippen molar-refractivity contribution in [1.82, 2.24) is 9.80 Å². The summed E-state index contributed by atoms with van der Waals surface area (Å²) in [6, 6.07) is 7.92. The predicted molar refractivity (Wildman–Crippen MR) is 163 cm³/mol. The van der Waals surface area contributed by atoms with Crippen LogP contribution < -0.4 is 9.47 Å². The summed E-state index contributed by atoms with van der Waals surface area (Å²) in [5, 5.41) is 12.8. The number of hydrogen-bond acceptors (Lipinski definition) is 6. The highest BCUT2D eigenvalue weighted by Crippen LogP contribution is 2.66. The van der Waals surface area contributed by atoms with Gasteiger partial charge in [0.05, 0.1) is 22.6 Å². The summed E-state index contributed by atoms with van der Waals surface area (Å²) in [4.78, 5) is 30.1. The van der Waals surface area contributed by atoms with Gasteiger partial charge in [0, 0.05) is 37.7 Å². The molecule has 7 nitrogen and oxygen atoms in total. The Morgan fingerprint density at radius 3 is 2.71 bits per heavy atom. The quantitative estimate of drug-likeness (QED) is 0.180. The lowest BCUT2D eigenvalue weighted by molar-refractivity contribution is -0.199. The maximum Gasteiger partial charge on any atom is 0.416 e. The molecule has 2 aromatic carbocycles. The first-order valence-electron chi connectivity index (χ1n) is 15.5. The van der Waals surface area contributed by atoms with E-state index in [2.05, 4.69) is 11.5 Å². The lowest BCUT2D eigenvalue weighted by atomic mass is 9.48. The first-order chi connectivity index (χ1) is 21.3. The Morgan fingerprint density at radius 1 is 1.24 bits per heavy atom. The van der Waals surface area contributed by atoms with E-state index in [0.29, 0.717) is 56.8 Å². The van der Waals surface area contributed by atoms with E-state index < -0.39 is 40.9 Å². The Hall–Kier alpha value is -3.63. The zero-order chi connectivity index (χ0) is 32.3. The lowest BCUT2D eigenvalue weighted by Gasteiger charge is -2.64. The summed E-state index contributed by atoms with van der Waals surface area (Å²) in [7, 11) is 0. The molecule has 2 aromatic rings. The molecule has 10 heteroatoms. The van der Waals surface area contributed by atoms with Gasteiger partial charge >= 0.3 is 12.1 Å². The normalized spacial score (nSPS) is 28.5. The molecular formula is C35H39F3N2O5. The number of alkyl halides is 3. The Balaban J connectivity index is 1.42. The molecule has 2 bridgehead atoms. The van der Waals surface area contributed by atoms with Crippen LogP contribution in [0.5, 0.6) is 11.5 Å². The van der Waals surface area contributed by atoms with E-state index in [0.717, 1.165) is 23.3 Å². The van der Waals surface area contributed by atoms with Gasteiger partial charge in [-0.2, -0.15) is 13.2 Å². The second-order valence-corrected chi connectivity index (χ2v) is 13.2. The van der Waals surface area contributed by atoms with Crippen LogP contribution >= 0.6 is 0 Å². The third kappa shape index (κ3) is 5.06. The van der Waals surface area contributed by atoms with Crippen LogP contribution in [0.25, 0.3) is 6.08 Å². The number of amides is 1. The number of aliphatic hydroxyl groups is 1. The van der Waals surface area contributed by atoms with Crippen molar-refractivity contribution in [3.63, 3.8) is 0 Å². The van der Waals surface area contributed by atoms with Crippen molar-refractivity contribution in [1.29, 1.82) is 0 Å². The number of nitrogens with zero attached hydrogens (tertiary/aromatic N) is 2. The minimum absolute atomic E-state index is 0.0821. The third-order valence-corrected chi connectivity index (χ3v) is 10.0. The van der Waals surface area contributed by atoms with E-state index in [1.165, 1.54) is 31.2 Å². The number of rotatable bonds is 8. The summed E-state index contributed by atoms with van der Waals surface area (Å²) in [6.07, 6.45) is 1.52. The first kappa shape index (κ1) is 31.4. The number of benzene rings is 2. The van der Waals surface area contributed by atoms with Crippen molar-refractivity contribution in [2.24, 2.45) is 5.92 Å². The fraction of sp³-hybridized carbons (Fsp3) is 0.486. The van der Waals surface area contributed by atoms with E-state index >= 15 is 0 Å². The minimum atomic E-state index is -4.49. The number of likely N-dealkylation sites (tertiary alicyclic amines) is 1. The Bertz CT molecular complexity index is 1550. The fourth-order valence-corrected chi connectivity index (χ4v) is 8.40. The van der Waals surface area contributed by atoms with E-state index in [-0.39, 0.29) is 23.4 Å². The Labute approximate surface area is 261 Å². The average molecular weight is 625 g/mol. The molecule has 1 amide bonds. The molecular weight excluding hydrogens is 585 g/mol. The van der Waals surface area contributed by atoms with Gasteiger partial charge in [-0.05, 0) is 73.5 Å². The van der Waals surface area contributed by atoms with Gasteiger partial charge in [-0.25, -0.2) is 0 Å². The topological polar surface area (TPSA) is 79.3 Å². The number of piperidine rings is 1. The molecule has 1 spiro atoms. The number of carbonyl (C=O) groups is 2. The molecule has 2 aliphatic heterocycles. The van der Waals surface area contributed by atoms with Gasteiger partial charge in [0.2, 0.25) is 5.91 Å². The SMILES string of the molecule is C=CCN1CC[C@]23c4c5ccc(OC(C)=O)c4OC2C(N(CC(C)C)C(=O)/C=C/c2cccc(C(F)(F)F)c2)CC[C@@]3(O)[C@H]1C5. The third-order valence-electron chi connectivity index (χ3n) is 10.0. The van der Waals surface area contributed by atoms with Crippen LogP contribution in [0, 0.1) is 5.92 Å². The number of ether oxygens (including phenoxy) is 2. The molecule has 2 aliphatic carbocycles. The predicted octanol–water partition coefficient (Wildman–Crippen LogP) is 5.54. The summed E-state index contributed by atoms with van der Waals surface area (Å²) in [5.41, 5.74) is -0.638. The van der Waals surface area contributed by atoms with Crippen molar-refractivity contribution in [3.8, 4) is 11.5 Å². The lowest BCUT2D eigenvalue weighted by Crippen LogP contribution is -2.78. The van der Waals surface area contributed by atoms with E-state index in [4.69, 9.17) is 9.47 Å². The van der Waals surface area contributed by atoms with E-state index in [1.54, 1.807) is 11.0 Å². The van der Waals surface area contributed by atoms with Gasteiger partial charge in [-0.3, -0.25) is 14.5 Å². The van der Waals surface area contributed by atoms with Crippen molar-refractivity contribution in [3.05, 3.63) is 77.4 Å². The van der Waals surface area contributed by atoms with Gasteiger partial charge in [0.25, 0.3) is 0 Å². The highest BCUT2D eigenvalue weighted by Gasteiger charge is 2.73. The second kappa shape index (κ2) is 11.3. The summed E-state index contributed by atoms with van der Waals surface area (Å²) in [6.45, 7) is 11.0. The van der Waals surface area contributed by atoms with Gasteiger partial charge < -0.3 is 19.5 Å². The Kier molecular flexibility index (Phi) is 7.88. The highest BCUT2D eigenvalue weighted by molar-refractivity contribution is 5.92. The molecule has 2 fully saturated rings. The first-order valence-corrected chi connectivity index (χ1v) is 15.5. The fourth-order valence-electron chi connectivity index (χ4n) is 8.40. The number of esters is 1. The van der Waals surface area contributed by atoms with Gasteiger partial charge in [-0.1, -0.05) is 38.1 Å². The molecule has 2 unspecified atom stereocenters. The minimum Gasteiger partial charge on any atom is -0.483 e. The largest absolute Gasteiger partial charge is 0.483 e. The van der Waals surface area contributed by atoms with Crippen molar-refractivity contribution in [2.75, 3.05) is 19.6 Å². The molecule has 1 N–H and O–H groups in total. The average Bonchev–Trinajstić information content (AvgIpc) is 3.32. The zero-order valence-electron chi connectivity index (χ0n) is 25.8. The summed E-state index contributed by atoms with van der Waals surface area (Å²) in [5.74, 6) is -0.00251. The molecule has 1 saturated heterocycles. The highest BCUT2D eigenvalue weighted by atomic mass is 19.4. The summed E-state index contributed by atoms with van der Waals surface area (Å²) >= 11 is 0. The standard InChI is InChI=1S/C35H39F3N2O5/c1-5-16-39-17-15-33-30-24-10-11-27(44-22(4)41)31(30)45-32(33)26(13-14-34(33,43)28(39)19-24)40(20-21(2)3)29(42)12-9-23-7-6-8-25(18-23)35(36,37)38/h5-12,18,21,26,28,32,43H,1,13-17,19-20H2,2-4H3/b12-9+/t26?,28-,32?,33+,34-/m1/s1. The second-order valence-electron chi connectivity index (χ2n) is 13.2. The maximum atomic E-state index is 14.0. The maximum absolute atomic E-state index is 14.0. The van der Waals surface area contributed by atoms with Gasteiger partial charge in [-0.15, -0.1) is 6.58 Å². The van der Waals surface area contributed by atoms with E-state index in [9.17, 15) is 27.9 Å². The monoisotopic (exact) mass is 624 g/mol. The molecule has 4 aliphatic rings. The van der Waals surface area contributed by atoms with Crippen molar-refractivity contribution < 1.29 is 37.3 Å². The van der Waals surface area contributed by atoms with Crippen molar-refractivity contribution >= 4 is 18.0 Å². The molecule has 0 radical (unpaired) electrons. The zero-order valence-corrected chi connectivity index (χ0v) is 25.8. The summed E-state index contributed by atoms with van der Waals surface area (Å²) < 4.78 is 52.3. The molecule has 45 heavy (non-hydrogen) atoms. The van der Waals surface area contributed by atoms with Crippen LogP contribution in [-0.4, -0.2) is 70.2 Å². The Morgan fingerprint density at radius 2 is 2.02 bits per heavy atom. The van der Waals surface area contributed by atoms with Gasteiger partial charge in [0.1, 0.15) is 6.10 Å². The molecule has 6 rings (SSSR count).